The van der Waals surface area contributed by atoms with Crippen LogP contribution in [0.25, 0.3) is 0 Å². The maximum absolute atomic E-state index is 11.7. The molecule has 0 spiro atoms. The van der Waals surface area contributed by atoms with Gasteiger partial charge in [-0.05, 0) is 12.8 Å². The third-order valence-electron chi connectivity index (χ3n) is 2.70. The van der Waals surface area contributed by atoms with Crippen LogP contribution in [0.2, 0.25) is 0 Å². The van der Waals surface area contributed by atoms with Crippen molar-refractivity contribution in [2.75, 3.05) is 0 Å². The van der Waals surface area contributed by atoms with E-state index in [2.05, 4.69) is 5.92 Å². The molecule has 1 fully saturated rings. The van der Waals surface area contributed by atoms with Crippen LogP contribution in [0.4, 0.5) is 0 Å². The largest absolute Gasteiger partial charge is 0.481 e. The number of hydrogen-bond acceptors (Lipinski definition) is 2. The van der Waals surface area contributed by atoms with Gasteiger partial charge in [-0.25, -0.2) is 0 Å². The van der Waals surface area contributed by atoms with Crippen molar-refractivity contribution in [3.05, 3.63) is 0 Å². The Bertz CT molecular complexity index is 275. The fraction of sp³-hybridized carbons (Fsp3) is 0.636. The van der Waals surface area contributed by atoms with Crippen LogP contribution >= 0.6 is 0 Å². The van der Waals surface area contributed by atoms with Gasteiger partial charge in [0.05, 0.1) is 6.42 Å². The van der Waals surface area contributed by atoms with Crippen molar-refractivity contribution in [2.24, 2.45) is 11.8 Å². The lowest BCUT2D eigenvalue weighted by atomic mass is 9.77. The van der Waals surface area contributed by atoms with E-state index in [1.54, 1.807) is 0 Å². The van der Waals surface area contributed by atoms with Crippen LogP contribution in [-0.4, -0.2) is 16.9 Å². The summed E-state index contributed by atoms with van der Waals surface area (Å²) in [5.74, 6) is 1.22. The average molecular weight is 194 g/mol. The highest BCUT2D eigenvalue weighted by Crippen LogP contribution is 2.29. The molecule has 1 rings (SSSR count). The predicted molar refractivity (Wildman–Crippen MR) is 51.5 cm³/mol. The first kappa shape index (κ1) is 10.8. The zero-order valence-electron chi connectivity index (χ0n) is 8.03. The van der Waals surface area contributed by atoms with Gasteiger partial charge < -0.3 is 5.11 Å². The third kappa shape index (κ3) is 2.59. The number of carboxylic acids is 1. The van der Waals surface area contributed by atoms with Crippen LogP contribution in [0.1, 0.15) is 32.1 Å². The molecule has 0 heterocycles. The maximum Gasteiger partial charge on any atom is 0.304 e. The molecule has 0 saturated heterocycles. The Kier molecular flexibility index (Phi) is 3.70. The van der Waals surface area contributed by atoms with E-state index in [-0.39, 0.29) is 24.0 Å². The minimum absolute atomic E-state index is 0.0418. The van der Waals surface area contributed by atoms with Crippen LogP contribution in [0.3, 0.4) is 0 Å². The van der Waals surface area contributed by atoms with Gasteiger partial charge in [-0.2, -0.15) is 0 Å². The first-order chi connectivity index (χ1) is 6.65. The molecule has 0 radical (unpaired) electrons. The Morgan fingerprint density at radius 1 is 1.50 bits per heavy atom. The summed E-state index contributed by atoms with van der Waals surface area (Å²) < 4.78 is 0. The van der Waals surface area contributed by atoms with Gasteiger partial charge in [-0.1, -0.05) is 6.42 Å². The highest BCUT2D eigenvalue weighted by molar-refractivity contribution is 5.87. The van der Waals surface area contributed by atoms with Gasteiger partial charge in [0.25, 0.3) is 0 Å². The molecule has 3 nitrogen and oxygen atoms in total. The van der Waals surface area contributed by atoms with Crippen molar-refractivity contribution < 1.29 is 14.7 Å². The van der Waals surface area contributed by atoms with Crippen molar-refractivity contribution in [3.8, 4) is 12.3 Å². The molecule has 0 aliphatic heterocycles. The first-order valence-electron chi connectivity index (χ1n) is 4.84. The molecule has 1 saturated carbocycles. The minimum Gasteiger partial charge on any atom is -0.481 e. The second-order valence-corrected chi connectivity index (χ2v) is 3.73. The summed E-state index contributed by atoms with van der Waals surface area (Å²) in [4.78, 5) is 22.2. The number of rotatable bonds is 3. The number of ketones is 1. The molecule has 1 aliphatic carbocycles. The van der Waals surface area contributed by atoms with E-state index in [0.717, 1.165) is 12.8 Å². The highest BCUT2D eigenvalue weighted by Gasteiger charge is 2.31. The Hall–Kier alpha value is -1.30. The predicted octanol–water partition coefficient (Wildman–Crippen LogP) is 1.47. The van der Waals surface area contributed by atoms with Crippen LogP contribution in [-0.2, 0) is 9.59 Å². The average Bonchev–Trinajstić information content (AvgIpc) is 2.11. The van der Waals surface area contributed by atoms with E-state index in [1.165, 1.54) is 0 Å². The fourth-order valence-electron chi connectivity index (χ4n) is 1.99. The Labute approximate surface area is 83.5 Å². The van der Waals surface area contributed by atoms with Crippen LogP contribution in [0, 0.1) is 24.2 Å². The Balaban J connectivity index is 2.57. The normalized spacial score (nSPS) is 26.9. The van der Waals surface area contributed by atoms with E-state index in [1.807, 2.05) is 0 Å². The second-order valence-electron chi connectivity index (χ2n) is 3.73. The number of aliphatic carboxylic acids is 1. The molecular weight excluding hydrogens is 180 g/mol. The molecule has 3 heteroatoms. The first-order valence-corrected chi connectivity index (χ1v) is 4.84. The summed E-state index contributed by atoms with van der Waals surface area (Å²) in [5.41, 5.74) is 0. The van der Waals surface area contributed by atoms with Gasteiger partial charge in [-0.15, -0.1) is 12.3 Å². The summed E-state index contributed by atoms with van der Waals surface area (Å²) >= 11 is 0. The summed E-state index contributed by atoms with van der Waals surface area (Å²) in [6.45, 7) is 0. The zero-order chi connectivity index (χ0) is 10.6. The van der Waals surface area contributed by atoms with Crippen LogP contribution < -0.4 is 0 Å². The van der Waals surface area contributed by atoms with Gasteiger partial charge in [0, 0.05) is 18.3 Å². The lowest BCUT2D eigenvalue weighted by Crippen LogP contribution is -2.29. The summed E-state index contributed by atoms with van der Waals surface area (Å²) in [6, 6.07) is 0. The van der Waals surface area contributed by atoms with E-state index in [4.69, 9.17) is 11.5 Å². The molecular formula is C11H14O3. The molecule has 2 unspecified atom stereocenters. The number of carboxylic acid groups (broad SMARTS) is 1. The molecule has 14 heavy (non-hydrogen) atoms. The van der Waals surface area contributed by atoms with E-state index >= 15 is 0 Å². The lowest BCUT2D eigenvalue weighted by molar-refractivity contribution is -0.142. The molecule has 1 aliphatic rings. The van der Waals surface area contributed by atoms with Crippen LogP contribution in [0.5, 0.6) is 0 Å². The summed E-state index contributed by atoms with van der Waals surface area (Å²) in [7, 11) is 0. The fourth-order valence-corrected chi connectivity index (χ4v) is 1.99. The minimum atomic E-state index is -0.898. The number of hydrogen-bond donors (Lipinski definition) is 1. The van der Waals surface area contributed by atoms with Gasteiger partial charge in [0.1, 0.15) is 5.78 Å². The lowest BCUT2D eigenvalue weighted by Gasteiger charge is -2.25. The topological polar surface area (TPSA) is 54.4 Å². The van der Waals surface area contributed by atoms with E-state index in [9.17, 15) is 9.59 Å². The molecule has 0 aromatic heterocycles. The molecule has 2 atom stereocenters. The van der Waals surface area contributed by atoms with E-state index < -0.39 is 5.97 Å². The highest BCUT2D eigenvalue weighted by atomic mass is 16.4. The van der Waals surface area contributed by atoms with Gasteiger partial charge in [-0.3, -0.25) is 9.59 Å². The second kappa shape index (κ2) is 4.80. The summed E-state index contributed by atoms with van der Waals surface area (Å²) in [6.07, 6.45) is 7.99. The molecule has 0 aromatic carbocycles. The van der Waals surface area contributed by atoms with E-state index in [0.29, 0.717) is 12.8 Å². The number of carbonyl (C=O) groups excluding carboxylic acids is 1. The monoisotopic (exact) mass is 194 g/mol. The van der Waals surface area contributed by atoms with Crippen molar-refractivity contribution >= 4 is 11.8 Å². The molecule has 76 valence electrons. The zero-order valence-corrected chi connectivity index (χ0v) is 8.03. The molecule has 0 bridgehead atoms. The van der Waals surface area contributed by atoms with Crippen molar-refractivity contribution in [3.63, 3.8) is 0 Å². The number of carbonyl (C=O) groups is 2. The smallest absolute Gasteiger partial charge is 0.304 e. The molecule has 0 amide bonds. The number of Topliss-reactive ketones (excluding diaryl/α,β-unsaturated/α-hetero) is 1. The standard InChI is InChI=1S/C11H14O3/c1-2-4-8-5-3-6-9(11(8)14)7-10(12)13/h1,8-9H,3-7H2,(H,12,13). The summed E-state index contributed by atoms with van der Waals surface area (Å²) in [5, 5.41) is 8.61. The molecule has 1 N–H and O–H groups in total. The van der Waals surface area contributed by atoms with Crippen molar-refractivity contribution in [2.45, 2.75) is 32.1 Å². The van der Waals surface area contributed by atoms with Crippen molar-refractivity contribution in [1.29, 1.82) is 0 Å². The third-order valence-corrected chi connectivity index (χ3v) is 2.70. The maximum atomic E-state index is 11.7. The Morgan fingerprint density at radius 2 is 2.14 bits per heavy atom. The quantitative estimate of drug-likeness (QED) is 0.692. The van der Waals surface area contributed by atoms with Gasteiger partial charge in [0.15, 0.2) is 0 Å². The van der Waals surface area contributed by atoms with Gasteiger partial charge >= 0.3 is 5.97 Å². The van der Waals surface area contributed by atoms with Crippen molar-refractivity contribution in [1.82, 2.24) is 0 Å². The Morgan fingerprint density at radius 3 is 2.71 bits per heavy atom. The number of terminal acetylenes is 1. The van der Waals surface area contributed by atoms with Crippen LogP contribution in [0.15, 0.2) is 0 Å². The van der Waals surface area contributed by atoms with Gasteiger partial charge in [0.2, 0.25) is 0 Å². The SMILES string of the molecule is C#CCC1CCCC(CC(=O)O)C1=O. The molecule has 0 aromatic rings.